The van der Waals surface area contributed by atoms with Gasteiger partial charge in [0.15, 0.2) is 0 Å². The molecule has 0 unspecified atom stereocenters. The second-order valence-electron chi connectivity index (χ2n) is 10.5. The average Bonchev–Trinajstić information content (AvgIpc) is 2.86. The van der Waals surface area contributed by atoms with Crippen molar-refractivity contribution >= 4 is 31.9 Å². The Labute approximate surface area is 223 Å². The first kappa shape index (κ1) is 27.3. The molecule has 2 atom stereocenters. The quantitative estimate of drug-likeness (QED) is 0.194. The molecule has 1 aliphatic rings. The topological polar surface area (TPSA) is 58.6 Å². The van der Waals surface area contributed by atoms with Crippen LogP contribution in [-0.2, 0) is 9.59 Å². The Morgan fingerprint density at radius 1 is 0.974 bits per heavy atom. The van der Waals surface area contributed by atoms with Crippen LogP contribution in [0.15, 0.2) is 78.9 Å². The summed E-state index contributed by atoms with van der Waals surface area (Å²) in [5, 5.41) is 2.79. The van der Waals surface area contributed by atoms with Crippen molar-refractivity contribution in [2.45, 2.75) is 45.1 Å². The summed E-state index contributed by atoms with van der Waals surface area (Å²) in [6.45, 7) is 8.74. The minimum atomic E-state index is -1.89. The molecule has 0 radical (unpaired) electrons. The van der Waals surface area contributed by atoms with E-state index < -0.39 is 32.1 Å². The van der Waals surface area contributed by atoms with Crippen LogP contribution in [0.25, 0.3) is 6.08 Å². The van der Waals surface area contributed by atoms with Gasteiger partial charge in [0.05, 0.1) is 6.04 Å². The molecule has 0 spiro atoms. The number of nitrogens with one attached hydrogen (secondary N) is 1. The zero-order valence-electron chi connectivity index (χ0n) is 21.9. The van der Waals surface area contributed by atoms with Gasteiger partial charge < -0.3 is 14.6 Å². The molecule has 5 nitrogen and oxygen atoms in total. The zero-order valence-corrected chi connectivity index (χ0v) is 22.9. The number of anilines is 1. The Balaban J connectivity index is 1.55. The number of hydrogen-bond donors (Lipinski definition) is 1. The van der Waals surface area contributed by atoms with Crippen LogP contribution >= 0.6 is 0 Å². The van der Waals surface area contributed by atoms with Crippen LogP contribution in [0.5, 0.6) is 5.75 Å². The molecular formula is C30H32F2N2O3Si. The van der Waals surface area contributed by atoms with E-state index in [0.717, 1.165) is 17.4 Å². The van der Waals surface area contributed by atoms with Crippen LogP contribution in [0.3, 0.4) is 0 Å². The molecule has 1 saturated heterocycles. The molecule has 1 aliphatic heterocycles. The molecule has 1 fully saturated rings. The number of hydrogen-bond acceptors (Lipinski definition) is 3. The highest BCUT2D eigenvalue weighted by molar-refractivity contribution is 6.71. The summed E-state index contributed by atoms with van der Waals surface area (Å²) in [4.78, 5) is 27.4. The summed E-state index contributed by atoms with van der Waals surface area (Å²) in [6, 6.07) is 18.8. The number of carbonyl (C=O) groups excluding carboxylic acids is 2. The highest BCUT2D eigenvalue weighted by atomic mass is 28.4. The molecule has 4 rings (SSSR count). The van der Waals surface area contributed by atoms with Crippen LogP contribution in [-0.4, -0.2) is 26.2 Å². The molecule has 0 saturated carbocycles. The number of rotatable bonds is 9. The first-order chi connectivity index (χ1) is 18.0. The number of nitrogens with zero attached hydrogens (tertiary/aromatic N) is 1. The van der Waals surface area contributed by atoms with E-state index in [9.17, 15) is 18.4 Å². The Morgan fingerprint density at radius 2 is 1.55 bits per heavy atom. The minimum absolute atomic E-state index is 0.295. The second kappa shape index (κ2) is 11.3. The molecule has 1 N–H and O–H groups in total. The zero-order chi connectivity index (χ0) is 27.4. The minimum Gasteiger partial charge on any atom is -0.544 e. The van der Waals surface area contributed by atoms with Crippen molar-refractivity contribution in [3.05, 3.63) is 102 Å². The van der Waals surface area contributed by atoms with E-state index >= 15 is 0 Å². The maximum absolute atomic E-state index is 13.5. The smallest absolute Gasteiger partial charge is 0.252 e. The lowest BCUT2D eigenvalue weighted by Gasteiger charge is -2.47. The van der Waals surface area contributed by atoms with Gasteiger partial charge in [0, 0.05) is 11.8 Å². The van der Waals surface area contributed by atoms with Gasteiger partial charge in [-0.05, 0) is 90.8 Å². The normalized spacial score (nSPS) is 17.6. The molecule has 3 aromatic rings. The van der Waals surface area contributed by atoms with Gasteiger partial charge in [0.2, 0.25) is 14.2 Å². The molecule has 2 amide bonds. The van der Waals surface area contributed by atoms with Gasteiger partial charge in [0.25, 0.3) is 5.91 Å². The Kier molecular flexibility index (Phi) is 8.11. The Morgan fingerprint density at radius 3 is 2.13 bits per heavy atom. The van der Waals surface area contributed by atoms with E-state index in [-0.39, 0.29) is 11.7 Å². The van der Waals surface area contributed by atoms with E-state index in [0.29, 0.717) is 17.2 Å². The van der Waals surface area contributed by atoms with Crippen LogP contribution in [0.1, 0.15) is 31.0 Å². The standard InChI is InChI=1S/C30H32F2N2O3Si/c1-20(2)19-38(3,4)37-26-16-8-22(9-17-26)29-28(30(36)34(29)25-14-12-24(32)13-15-25)33-27(35)18-7-21-5-10-23(31)11-6-21/h5-18,20,28-29H,19H2,1-4H3,(H,33,35)/t28-,29-/m1/s1. The van der Waals surface area contributed by atoms with E-state index in [1.54, 1.807) is 35.2 Å². The summed E-state index contributed by atoms with van der Waals surface area (Å²) in [5.41, 5.74) is 2.02. The molecule has 0 bridgehead atoms. The molecule has 0 aliphatic carbocycles. The molecule has 1 heterocycles. The lowest BCUT2D eigenvalue weighted by molar-refractivity contribution is -0.131. The highest BCUT2D eigenvalue weighted by Crippen LogP contribution is 2.40. The fourth-order valence-electron chi connectivity index (χ4n) is 4.88. The van der Waals surface area contributed by atoms with Crippen LogP contribution in [0, 0.1) is 17.6 Å². The van der Waals surface area contributed by atoms with Gasteiger partial charge in [-0.1, -0.05) is 38.1 Å². The van der Waals surface area contributed by atoms with Gasteiger partial charge in [-0.15, -0.1) is 0 Å². The van der Waals surface area contributed by atoms with E-state index in [1.807, 2.05) is 24.3 Å². The highest BCUT2D eigenvalue weighted by Gasteiger charge is 2.49. The van der Waals surface area contributed by atoms with Gasteiger partial charge in [-0.25, -0.2) is 8.78 Å². The number of amides is 2. The second-order valence-corrected chi connectivity index (χ2v) is 14.7. The number of halogens is 2. The number of β-lactam (4-membered cyclic amide) rings is 1. The summed E-state index contributed by atoms with van der Waals surface area (Å²) in [6.07, 6.45) is 2.87. The molecular weight excluding hydrogens is 502 g/mol. The predicted molar refractivity (Wildman–Crippen MR) is 148 cm³/mol. The first-order valence-corrected chi connectivity index (χ1v) is 15.8. The van der Waals surface area contributed by atoms with Crippen molar-refractivity contribution in [3.8, 4) is 5.75 Å². The van der Waals surface area contributed by atoms with Crippen LogP contribution in [0.4, 0.5) is 14.5 Å². The maximum atomic E-state index is 13.5. The van der Waals surface area contributed by atoms with Crippen molar-refractivity contribution in [2.24, 2.45) is 5.92 Å². The van der Waals surface area contributed by atoms with Gasteiger partial charge in [-0.3, -0.25) is 9.59 Å². The molecule has 8 heteroatoms. The predicted octanol–water partition coefficient (Wildman–Crippen LogP) is 6.49. The number of benzene rings is 3. The Bertz CT molecular complexity index is 1310. The fourth-order valence-corrected chi connectivity index (χ4v) is 7.71. The van der Waals surface area contributed by atoms with Crippen molar-refractivity contribution < 1.29 is 22.8 Å². The lowest BCUT2D eigenvalue weighted by atomic mass is 9.87. The van der Waals surface area contributed by atoms with E-state index in [1.165, 1.54) is 30.3 Å². The third kappa shape index (κ3) is 6.55. The van der Waals surface area contributed by atoms with Crippen molar-refractivity contribution in [1.29, 1.82) is 0 Å². The van der Waals surface area contributed by atoms with Gasteiger partial charge >= 0.3 is 0 Å². The lowest BCUT2D eigenvalue weighted by Crippen LogP contribution is -2.65. The number of carbonyl (C=O) groups is 2. The average molecular weight is 535 g/mol. The van der Waals surface area contributed by atoms with E-state index in [4.69, 9.17) is 4.43 Å². The SMILES string of the molecule is CC(C)C[Si](C)(C)Oc1ccc([C@@H]2[C@@H](NC(=O)C=Cc3ccc(F)cc3)C(=O)N2c2ccc(F)cc2)cc1. The van der Waals surface area contributed by atoms with Crippen LogP contribution < -0.4 is 14.6 Å². The summed E-state index contributed by atoms with van der Waals surface area (Å²) in [7, 11) is -1.89. The maximum Gasteiger partial charge on any atom is 0.252 e. The third-order valence-electron chi connectivity index (χ3n) is 6.31. The fraction of sp³-hybridized carbons (Fsp3) is 0.267. The van der Waals surface area contributed by atoms with Crippen LogP contribution in [0.2, 0.25) is 19.1 Å². The Hall–Kier alpha value is -3.78. The molecule has 0 aromatic heterocycles. The van der Waals surface area contributed by atoms with E-state index in [2.05, 4.69) is 32.3 Å². The largest absolute Gasteiger partial charge is 0.544 e. The molecule has 198 valence electrons. The van der Waals surface area contributed by atoms with Gasteiger partial charge in [-0.2, -0.15) is 0 Å². The summed E-state index contributed by atoms with van der Waals surface area (Å²) >= 11 is 0. The molecule has 38 heavy (non-hydrogen) atoms. The van der Waals surface area contributed by atoms with Crippen molar-refractivity contribution in [3.63, 3.8) is 0 Å². The van der Waals surface area contributed by atoms with Crippen molar-refractivity contribution in [1.82, 2.24) is 5.32 Å². The summed E-state index contributed by atoms with van der Waals surface area (Å²) in [5.74, 6) is -0.189. The monoisotopic (exact) mass is 534 g/mol. The molecule has 3 aromatic carbocycles. The summed E-state index contributed by atoms with van der Waals surface area (Å²) < 4.78 is 33.0. The first-order valence-electron chi connectivity index (χ1n) is 12.6. The third-order valence-corrected chi connectivity index (χ3v) is 8.90. The van der Waals surface area contributed by atoms with Crippen molar-refractivity contribution in [2.75, 3.05) is 4.90 Å². The van der Waals surface area contributed by atoms with Gasteiger partial charge in [0.1, 0.15) is 23.4 Å².